The predicted octanol–water partition coefficient (Wildman–Crippen LogP) is 4.54. The molecule has 2 aromatic heterocycles. The van der Waals surface area contributed by atoms with E-state index in [9.17, 15) is 9.65 Å². The van der Waals surface area contributed by atoms with E-state index in [1.807, 2.05) is 30.5 Å². The van der Waals surface area contributed by atoms with E-state index in [1.165, 1.54) is 17.8 Å². The van der Waals surface area contributed by atoms with Crippen molar-refractivity contribution in [2.45, 2.75) is 18.8 Å². The third-order valence-electron chi connectivity index (χ3n) is 5.14. The number of rotatable bonds is 3. The Morgan fingerprint density at radius 2 is 1.89 bits per heavy atom. The summed E-state index contributed by atoms with van der Waals surface area (Å²) in [6, 6.07) is 13.4. The Morgan fingerprint density at radius 1 is 1.04 bits per heavy atom. The summed E-state index contributed by atoms with van der Waals surface area (Å²) in [7, 11) is 0. The molecule has 27 heavy (non-hydrogen) atoms. The molecule has 134 valence electrons. The van der Waals surface area contributed by atoms with Crippen molar-refractivity contribution in [3.63, 3.8) is 0 Å². The van der Waals surface area contributed by atoms with E-state index in [4.69, 9.17) is 0 Å². The van der Waals surface area contributed by atoms with Crippen LogP contribution in [0.5, 0.6) is 0 Å². The van der Waals surface area contributed by atoms with Crippen molar-refractivity contribution in [3.05, 3.63) is 78.1 Å². The average Bonchev–Trinajstić information content (AvgIpc) is 2.74. The number of pyridine rings is 2. The summed E-state index contributed by atoms with van der Waals surface area (Å²) in [6.07, 6.45) is 8.55. The van der Waals surface area contributed by atoms with E-state index in [1.54, 1.807) is 12.4 Å². The van der Waals surface area contributed by atoms with Crippen LogP contribution in [0.3, 0.4) is 0 Å². The average molecular weight is 358 g/mol. The van der Waals surface area contributed by atoms with Gasteiger partial charge in [-0.05, 0) is 42.5 Å². The fraction of sp³-hybridized carbons (Fsp3) is 0.227. The zero-order chi connectivity index (χ0) is 18.6. The van der Waals surface area contributed by atoms with Gasteiger partial charge in [-0.2, -0.15) is 5.26 Å². The molecule has 0 aliphatic carbocycles. The molecule has 1 aliphatic rings. The summed E-state index contributed by atoms with van der Waals surface area (Å²) >= 11 is 0. The van der Waals surface area contributed by atoms with Crippen LogP contribution >= 0.6 is 0 Å². The standard InChI is InChI=1S/C22H19FN4/c23-20-11-19(14-26-15-20)21-5-1-3-17(12-24)22(21)27-9-6-16(7-10-27)18-4-2-8-25-13-18/h1-5,8,11,13-16H,6-7,9-10H2. The molecule has 0 atom stereocenters. The van der Waals surface area contributed by atoms with Crippen molar-refractivity contribution in [2.24, 2.45) is 0 Å². The van der Waals surface area contributed by atoms with Gasteiger partial charge in [0.2, 0.25) is 0 Å². The van der Waals surface area contributed by atoms with Gasteiger partial charge in [0.1, 0.15) is 11.9 Å². The van der Waals surface area contributed by atoms with Gasteiger partial charge in [-0.15, -0.1) is 0 Å². The van der Waals surface area contributed by atoms with Crippen LogP contribution in [0.25, 0.3) is 11.1 Å². The van der Waals surface area contributed by atoms with Crippen molar-refractivity contribution >= 4 is 5.69 Å². The minimum absolute atomic E-state index is 0.379. The molecular weight excluding hydrogens is 339 g/mol. The fourth-order valence-corrected chi connectivity index (χ4v) is 3.82. The van der Waals surface area contributed by atoms with Crippen molar-refractivity contribution in [1.82, 2.24) is 9.97 Å². The van der Waals surface area contributed by atoms with Crippen molar-refractivity contribution in [1.29, 1.82) is 5.26 Å². The summed E-state index contributed by atoms with van der Waals surface area (Å²) < 4.78 is 13.7. The zero-order valence-corrected chi connectivity index (χ0v) is 14.8. The number of nitriles is 1. The molecule has 3 aromatic rings. The topological polar surface area (TPSA) is 52.8 Å². The minimum Gasteiger partial charge on any atom is -0.370 e. The SMILES string of the molecule is N#Cc1cccc(-c2cncc(F)c2)c1N1CCC(c2cccnc2)CC1. The highest BCUT2D eigenvalue weighted by Crippen LogP contribution is 2.37. The number of halogens is 1. The second-order valence-electron chi connectivity index (χ2n) is 6.75. The summed E-state index contributed by atoms with van der Waals surface area (Å²) in [5.74, 6) is 0.0968. The lowest BCUT2D eigenvalue weighted by atomic mass is 9.89. The molecule has 0 radical (unpaired) electrons. The number of hydrogen-bond acceptors (Lipinski definition) is 4. The molecule has 3 heterocycles. The van der Waals surface area contributed by atoms with Gasteiger partial charge in [0.25, 0.3) is 0 Å². The van der Waals surface area contributed by atoms with Gasteiger partial charge in [0.05, 0.1) is 17.4 Å². The molecule has 0 spiro atoms. The van der Waals surface area contributed by atoms with Crippen LogP contribution in [0.2, 0.25) is 0 Å². The summed E-state index contributed by atoms with van der Waals surface area (Å²) in [5.41, 5.74) is 4.28. The second kappa shape index (κ2) is 7.55. The van der Waals surface area contributed by atoms with Gasteiger partial charge in [-0.3, -0.25) is 9.97 Å². The lowest BCUT2D eigenvalue weighted by Crippen LogP contribution is -2.33. The zero-order valence-electron chi connectivity index (χ0n) is 14.8. The maximum atomic E-state index is 13.7. The van der Waals surface area contributed by atoms with Gasteiger partial charge in [0, 0.05) is 42.8 Å². The maximum Gasteiger partial charge on any atom is 0.142 e. The highest BCUT2D eigenvalue weighted by atomic mass is 19.1. The van der Waals surface area contributed by atoms with Gasteiger partial charge in [-0.1, -0.05) is 18.2 Å². The predicted molar refractivity (Wildman–Crippen MR) is 103 cm³/mol. The lowest BCUT2D eigenvalue weighted by Gasteiger charge is -2.35. The van der Waals surface area contributed by atoms with Crippen LogP contribution in [0.15, 0.2) is 61.2 Å². The third kappa shape index (κ3) is 3.52. The molecule has 0 amide bonds. The van der Waals surface area contributed by atoms with Gasteiger partial charge in [-0.25, -0.2) is 4.39 Å². The second-order valence-corrected chi connectivity index (χ2v) is 6.75. The van der Waals surface area contributed by atoms with E-state index in [0.29, 0.717) is 17.0 Å². The molecule has 1 aliphatic heterocycles. The van der Waals surface area contributed by atoms with E-state index >= 15 is 0 Å². The normalized spacial score (nSPS) is 14.7. The van der Waals surface area contributed by atoms with Crippen molar-refractivity contribution in [2.75, 3.05) is 18.0 Å². The molecule has 0 saturated carbocycles. The molecule has 0 unspecified atom stereocenters. The Labute approximate surface area is 157 Å². The van der Waals surface area contributed by atoms with E-state index in [-0.39, 0.29) is 5.82 Å². The Kier molecular flexibility index (Phi) is 4.80. The number of anilines is 1. The highest BCUT2D eigenvalue weighted by molar-refractivity contribution is 5.82. The van der Waals surface area contributed by atoms with Crippen LogP contribution in [0.4, 0.5) is 10.1 Å². The van der Waals surface area contributed by atoms with Crippen LogP contribution in [0.1, 0.15) is 29.9 Å². The molecule has 0 N–H and O–H groups in total. The molecule has 1 fully saturated rings. The van der Waals surface area contributed by atoms with E-state index in [2.05, 4.69) is 27.0 Å². The van der Waals surface area contributed by atoms with E-state index < -0.39 is 0 Å². The largest absolute Gasteiger partial charge is 0.370 e. The minimum atomic E-state index is -0.379. The summed E-state index contributed by atoms with van der Waals surface area (Å²) in [6.45, 7) is 1.68. The fourth-order valence-electron chi connectivity index (χ4n) is 3.82. The van der Waals surface area contributed by atoms with Gasteiger partial charge >= 0.3 is 0 Å². The van der Waals surface area contributed by atoms with E-state index in [0.717, 1.165) is 37.2 Å². The Balaban J connectivity index is 1.65. The first kappa shape index (κ1) is 17.2. The van der Waals surface area contributed by atoms with Crippen LogP contribution in [0, 0.1) is 17.1 Å². The Bertz CT molecular complexity index is 973. The van der Waals surface area contributed by atoms with Crippen LogP contribution in [-0.4, -0.2) is 23.1 Å². The number of para-hydroxylation sites is 1. The van der Waals surface area contributed by atoms with Crippen molar-refractivity contribution < 1.29 is 4.39 Å². The Hall–Kier alpha value is -3.26. The van der Waals surface area contributed by atoms with Crippen LogP contribution in [-0.2, 0) is 0 Å². The number of aromatic nitrogens is 2. The Morgan fingerprint density at radius 3 is 2.59 bits per heavy atom. The highest BCUT2D eigenvalue weighted by Gasteiger charge is 2.24. The monoisotopic (exact) mass is 358 g/mol. The molecule has 1 saturated heterocycles. The molecule has 0 bridgehead atoms. The number of nitrogens with zero attached hydrogens (tertiary/aromatic N) is 4. The third-order valence-corrected chi connectivity index (χ3v) is 5.14. The number of benzene rings is 1. The summed E-state index contributed by atoms with van der Waals surface area (Å²) in [5, 5.41) is 9.63. The number of piperidine rings is 1. The molecular formula is C22H19FN4. The molecule has 4 rings (SSSR count). The van der Waals surface area contributed by atoms with Gasteiger partial charge < -0.3 is 4.90 Å². The first-order valence-electron chi connectivity index (χ1n) is 9.05. The summed E-state index contributed by atoms with van der Waals surface area (Å²) in [4.78, 5) is 10.4. The first-order valence-corrected chi connectivity index (χ1v) is 9.05. The lowest BCUT2D eigenvalue weighted by molar-refractivity contribution is 0.504. The van der Waals surface area contributed by atoms with Crippen LogP contribution < -0.4 is 4.90 Å². The first-order chi connectivity index (χ1) is 13.3. The molecule has 5 heteroatoms. The number of hydrogen-bond donors (Lipinski definition) is 0. The molecule has 4 nitrogen and oxygen atoms in total. The van der Waals surface area contributed by atoms with Gasteiger partial charge in [0.15, 0.2) is 0 Å². The molecule has 1 aromatic carbocycles. The quantitative estimate of drug-likeness (QED) is 0.690. The maximum absolute atomic E-state index is 13.7. The van der Waals surface area contributed by atoms with Crippen molar-refractivity contribution in [3.8, 4) is 17.2 Å². The smallest absolute Gasteiger partial charge is 0.142 e.